The van der Waals surface area contributed by atoms with Gasteiger partial charge in [0.1, 0.15) is 23.0 Å². The molecular weight excluding hydrogens is 374 g/mol. The fourth-order valence-corrected chi connectivity index (χ4v) is 3.61. The number of imidazole rings is 1. The number of H-pyrrole nitrogens is 1. The molecule has 1 amide bonds. The number of hydrogen-bond donors (Lipinski definition) is 3. The molecule has 0 bridgehead atoms. The molecule has 0 radical (unpaired) electrons. The zero-order chi connectivity index (χ0) is 20.0. The molecule has 3 aromatic carbocycles. The SMILES string of the molecule is O=C(Nc1ccc2c(c1)CNC2)c1cc(F)cc2[nH]c(-c3ccccc3F)nc12. The molecule has 0 spiro atoms. The summed E-state index contributed by atoms with van der Waals surface area (Å²) in [6.45, 7) is 1.55. The molecule has 0 saturated heterocycles. The third-order valence-electron chi connectivity index (χ3n) is 5.02. The standard InChI is InChI=1S/C22H16F2N4O/c23-14-8-17(22(29)26-15-6-5-12-10-25-11-13(12)7-15)20-19(9-14)27-21(28-20)16-3-1-2-4-18(16)24/h1-9,25H,10-11H2,(H,26,29)(H,27,28). The second kappa shape index (κ2) is 6.79. The van der Waals surface area contributed by atoms with Crippen molar-refractivity contribution in [3.8, 4) is 11.4 Å². The predicted molar refractivity (Wildman–Crippen MR) is 106 cm³/mol. The average molecular weight is 390 g/mol. The molecule has 0 unspecified atom stereocenters. The summed E-state index contributed by atoms with van der Waals surface area (Å²) in [5, 5.41) is 6.05. The van der Waals surface area contributed by atoms with Crippen molar-refractivity contribution in [1.29, 1.82) is 0 Å². The zero-order valence-corrected chi connectivity index (χ0v) is 15.2. The molecular formula is C22H16F2N4O. The van der Waals surface area contributed by atoms with Crippen molar-refractivity contribution in [2.24, 2.45) is 0 Å². The molecule has 0 saturated carbocycles. The number of anilines is 1. The number of hydrogen-bond acceptors (Lipinski definition) is 3. The third-order valence-corrected chi connectivity index (χ3v) is 5.02. The summed E-state index contributed by atoms with van der Waals surface area (Å²) in [4.78, 5) is 20.2. The van der Waals surface area contributed by atoms with Gasteiger partial charge < -0.3 is 15.6 Å². The van der Waals surface area contributed by atoms with Crippen molar-refractivity contribution in [3.63, 3.8) is 0 Å². The predicted octanol–water partition coefficient (Wildman–Crippen LogP) is 4.36. The van der Waals surface area contributed by atoms with Crippen LogP contribution in [0.15, 0.2) is 54.6 Å². The van der Waals surface area contributed by atoms with Crippen LogP contribution in [-0.4, -0.2) is 15.9 Å². The van der Waals surface area contributed by atoms with Crippen LogP contribution in [0, 0.1) is 11.6 Å². The first-order valence-electron chi connectivity index (χ1n) is 9.16. The highest BCUT2D eigenvalue weighted by Crippen LogP contribution is 2.27. The lowest BCUT2D eigenvalue weighted by Gasteiger charge is -2.08. The summed E-state index contributed by atoms with van der Waals surface area (Å²) in [6, 6.07) is 14.2. The minimum absolute atomic E-state index is 0.0810. The van der Waals surface area contributed by atoms with Gasteiger partial charge in [-0.05, 0) is 47.5 Å². The van der Waals surface area contributed by atoms with E-state index in [-0.39, 0.29) is 22.5 Å². The van der Waals surface area contributed by atoms with E-state index < -0.39 is 17.5 Å². The molecule has 5 nitrogen and oxygen atoms in total. The number of carbonyl (C=O) groups excluding carboxylic acids is 1. The maximum atomic E-state index is 14.2. The van der Waals surface area contributed by atoms with Crippen molar-refractivity contribution in [2.75, 3.05) is 5.32 Å². The molecule has 0 atom stereocenters. The van der Waals surface area contributed by atoms with Crippen LogP contribution >= 0.6 is 0 Å². The highest BCUT2D eigenvalue weighted by atomic mass is 19.1. The lowest BCUT2D eigenvalue weighted by atomic mass is 10.1. The Labute approximate surface area is 164 Å². The molecule has 0 fully saturated rings. The van der Waals surface area contributed by atoms with E-state index in [1.807, 2.05) is 18.2 Å². The molecule has 7 heteroatoms. The van der Waals surface area contributed by atoms with Crippen LogP contribution in [0.2, 0.25) is 0 Å². The second-order valence-electron chi connectivity index (χ2n) is 6.96. The second-order valence-corrected chi connectivity index (χ2v) is 6.96. The van der Waals surface area contributed by atoms with Crippen LogP contribution in [0.25, 0.3) is 22.4 Å². The Morgan fingerprint density at radius 3 is 2.69 bits per heavy atom. The summed E-state index contributed by atoms with van der Waals surface area (Å²) in [6.07, 6.45) is 0. The average Bonchev–Trinajstić information content (AvgIpc) is 3.33. The Hall–Kier alpha value is -3.58. The van der Waals surface area contributed by atoms with Gasteiger partial charge in [0.2, 0.25) is 0 Å². The van der Waals surface area contributed by atoms with Crippen molar-refractivity contribution in [2.45, 2.75) is 13.1 Å². The summed E-state index contributed by atoms with van der Waals surface area (Å²) < 4.78 is 28.3. The number of aromatic amines is 1. The Morgan fingerprint density at radius 2 is 1.83 bits per heavy atom. The van der Waals surface area contributed by atoms with Gasteiger partial charge in [-0.1, -0.05) is 18.2 Å². The Kier molecular flexibility index (Phi) is 4.10. The molecule has 2 heterocycles. The normalized spacial score (nSPS) is 12.9. The smallest absolute Gasteiger partial charge is 0.258 e. The van der Waals surface area contributed by atoms with Crippen LogP contribution in [0.4, 0.5) is 14.5 Å². The molecule has 1 aliphatic heterocycles. The van der Waals surface area contributed by atoms with E-state index >= 15 is 0 Å². The van der Waals surface area contributed by atoms with E-state index in [9.17, 15) is 13.6 Å². The largest absolute Gasteiger partial charge is 0.338 e. The first-order chi connectivity index (χ1) is 14.1. The molecule has 29 heavy (non-hydrogen) atoms. The van der Waals surface area contributed by atoms with Gasteiger partial charge in [-0.25, -0.2) is 13.8 Å². The molecule has 4 aromatic rings. The highest BCUT2D eigenvalue weighted by Gasteiger charge is 2.19. The zero-order valence-electron chi connectivity index (χ0n) is 15.2. The molecule has 0 aliphatic carbocycles. The van der Waals surface area contributed by atoms with Crippen LogP contribution in [0.1, 0.15) is 21.5 Å². The molecule has 1 aliphatic rings. The number of benzene rings is 3. The monoisotopic (exact) mass is 390 g/mol. The van der Waals surface area contributed by atoms with E-state index in [4.69, 9.17) is 0 Å². The number of carbonyl (C=O) groups is 1. The van der Waals surface area contributed by atoms with Crippen LogP contribution in [0.3, 0.4) is 0 Å². The van der Waals surface area contributed by atoms with E-state index in [1.54, 1.807) is 18.2 Å². The number of amides is 1. The Balaban J connectivity index is 1.54. The summed E-state index contributed by atoms with van der Waals surface area (Å²) in [5.41, 5.74) is 3.88. The van der Waals surface area contributed by atoms with Crippen LogP contribution in [-0.2, 0) is 13.1 Å². The quantitative estimate of drug-likeness (QED) is 0.487. The first kappa shape index (κ1) is 17.5. The number of nitrogens with zero attached hydrogens (tertiary/aromatic N) is 1. The third kappa shape index (κ3) is 3.15. The van der Waals surface area contributed by atoms with Gasteiger partial charge >= 0.3 is 0 Å². The Morgan fingerprint density at radius 1 is 1.00 bits per heavy atom. The molecule has 3 N–H and O–H groups in total. The van der Waals surface area contributed by atoms with Crippen LogP contribution in [0.5, 0.6) is 0 Å². The van der Waals surface area contributed by atoms with Gasteiger partial charge in [0.15, 0.2) is 0 Å². The van der Waals surface area contributed by atoms with E-state index in [0.717, 1.165) is 24.7 Å². The van der Waals surface area contributed by atoms with Gasteiger partial charge in [0.25, 0.3) is 5.91 Å². The minimum Gasteiger partial charge on any atom is -0.338 e. The van der Waals surface area contributed by atoms with Crippen molar-refractivity contribution >= 4 is 22.6 Å². The fourth-order valence-electron chi connectivity index (χ4n) is 3.61. The highest BCUT2D eigenvalue weighted by molar-refractivity contribution is 6.11. The Bertz CT molecular complexity index is 1270. The number of rotatable bonds is 3. The maximum absolute atomic E-state index is 14.2. The lowest BCUT2D eigenvalue weighted by molar-refractivity contribution is 0.102. The number of aromatic nitrogens is 2. The first-order valence-corrected chi connectivity index (χ1v) is 9.16. The summed E-state index contributed by atoms with van der Waals surface area (Å²) in [7, 11) is 0. The van der Waals surface area contributed by atoms with Gasteiger partial charge in [-0.15, -0.1) is 0 Å². The van der Waals surface area contributed by atoms with Gasteiger partial charge in [0, 0.05) is 18.8 Å². The molecule has 144 valence electrons. The van der Waals surface area contributed by atoms with Gasteiger partial charge in [0.05, 0.1) is 16.6 Å². The number of halogens is 2. The lowest BCUT2D eigenvalue weighted by Crippen LogP contribution is -2.13. The van der Waals surface area contributed by atoms with E-state index in [0.29, 0.717) is 11.2 Å². The van der Waals surface area contributed by atoms with Gasteiger partial charge in [-0.3, -0.25) is 4.79 Å². The fraction of sp³-hybridized carbons (Fsp3) is 0.0909. The summed E-state index contributed by atoms with van der Waals surface area (Å²) >= 11 is 0. The minimum atomic E-state index is -0.579. The van der Waals surface area contributed by atoms with E-state index in [1.165, 1.54) is 17.7 Å². The molecule has 5 rings (SSSR count). The van der Waals surface area contributed by atoms with Crippen molar-refractivity contribution in [3.05, 3.63) is 82.9 Å². The van der Waals surface area contributed by atoms with Crippen molar-refractivity contribution < 1.29 is 13.6 Å². The number of fused-ring (bicyclic) bond motifs is 2. The molecule has 1 aromatic heterocycles. The van der Waals surface area contributed by atoms with Gasteiger partial charge in [-0.2, -0.15) is 0 Å². The topological polar surface area (TPSA) is 69.8 Å². The van der Waals surface area contributed by atoms with E-state index in [2.05, 4.69) is 20.6 Å². The van der Waals surface area contributed by atoms with Crippen molar-refractivity contribution in [1.82, 2.24) is 15.3 Å². The van der Waals surface area contributed by atoms with Crippen LogP contribution < -0.4 is 10.6 Å². The maximum Gasteiger partial charge on any atom is 0.258 e. The summed E-state index contributed by atoms with van der Waals surface area (Å²) in [5.74, 6) is -1.28. The number of nitrogens with one attached hydrogen (secondary N) is 3.